The third-order valence-corrected chi connectivity index (χ3v) is 4.36. The number of rotatable bonds is 1. The number of hydrogen-bond donors (Lipinski definition) is 1. The van der Waals surface area contributed by atoms with E-state index in [-0.39, 0.29) is 11.9 Å². The summed E-state index contributed by atoms with van der Waals surface area (Å²) in [7, 11) is 0. The summed E-state index contributed by atoms with van der Waals surface area (Å²) >= 11 is 3.42. The van der Waals surface area contributed by atoms with Gasteiger partial charge in [-0.15, -0.1) is 0 Å². The monoisotopic (exact) mass is 323 g/mol. The zero-order chi connectivity index (χ0) is 13.6. The van der Waals surface area contributed by atoms with Gasteiger partial charge in [0.05, 0.1) is 11.8 Å². The number of aliphatic hydroxyl groups is 1. The molecular formula is C15H15BrFNO. The van der Waals surface area contributed by atoms with Gasteiger partial charge in [0.15, 0.2) is 0 Å². The average Bonchev–Trinajstić information content (AvgIpc) is 2.68. The van der Waals surface area contributed by atoms with Crippen molar-refractivity contribution >= 4 is 15.9 Å². The van der Waals surface area contributed by atoms with E-state index in [1.54, 1.807) is 6.07 Å². The van der Waals surface area contributed by atoms with Crippen molar-refractivity contribution in [2.45, 2.75) is 32.3 Å². The highest BCUT2D eigenvalue weighted by Crippen LogP contribution is 2.35. The van der Waals surface area contributed by atoms with Crippen LogP contribution in [0.15, 0.2) is 28.7 Å². The lowest BCUT2D eigenvalue weighted by molar-refractivity contribution is 0.156. The summed E-state index contributed by atoms with van der Waals surface area (Å²) in [6.07, 6.45) is 2.38. The van der Waals surface area contributed by atoms with Crippen LogP contribution in [0.4, 0.5) is 4.39 Å². The first-order valence-electron chi connectivity index (χ1n) is 6.42. The third kappa shape index (κ3) is 2.13. The van der Waals surface area contributed by atoms with E-state index < -0.39 is 0 Å². The summed E-state index contributed by atoms with van der Waals surface area (Å²) in [6.45, 7) is 2.01. The molecule has 1 N–H and O–H groups in total. The molecule has 4 heteroatoms. The fraction of sp³-hybridized carbons (Fsp3) is 0.333. The van der Waals surface area contributed by atoms with Gasteiger partial charge in [-0.3, -0.25) is 0 Å². The van der Waals surface area contributed by atoms with Gasteiger partial charge in [-0.05, 0) is 66.4 Å². The molecule has 0 aliphatic heterocycles. The average molecular weight is 324 g/mol. The Balaban J connectivity index is 2.20. The second-order valence-corrected chi connectivity index (χ2v) is 5.88. The Bertz CT molecular complexity index is 635. The van der Waals surface area contributed by atoms with E-state index in [2.05, 4.69) is 20.5 Å². The van der Waals surface area contributed by atoms with Gasteiger partial charge in [-0.25, -0.2) is 4.39 Å². The van der Waals surface area contributed by atoms with E-state index in [1.165, 1.54) is 12.1 Å². The number of hydrogen-bond acceptors (Lipinski definition) is 1. The van der Waals surface area contributed by atoms with Crippen LogP contribution in [-0.4, -0.2) is 9.67 Å². The second-order valence-electron chi connectivity index (χ2n) is 5.03. The van der Waals surface area contributed by atoms with Crippen LogP contribution in [0, 0.1) is 12.7 Å². The highest BCUT2D eigenvalue weighted by Gasteiger charge is 2.24. The zero-order valence-electron chi connectivity index (χ0n) is 10.7. The standard InChI is InChI=1S/C15H15BrFNO/c1-9-7-11-13(3-2-4-15(11)19)18(9)14-6-5-10(17)8-12(14)16/h5-8,15,19H,2-4H2,1H3. The first-order valence-corrected chi connectivity index (χ1v) is 7.22. The minimum Gasteiger partial charge on any atom is -0.388 e. The molecule has 1 aromatic heterocycles. The predicted octanol–water partition coefficient (Wildman–Crippen LogP) is 4.06. The largest absolute Gasteiger partial charge is 0.388 e. The van der Waals surface area contributed by atoms with Crippen molar-refractivity contribution in [2.24, 2.45) is 0 Å². The number of aryl methyl sites for hydroxylation is 1. The smallest absolute Gasteiger partial charge is 0.124 e. The van der Waals surface area contributed by atoms with Crippen molar-refractivity contribution in [3.8, 4) is 5.69 Å². The van der Waals surface area contributed by atoms with Crippen LogP contribution < -0.4 is 0 Å². The number of halogens is 2. The minimum atomic E-state index is -0.372. The molecule has 0 bridgehead atoms. The Hall–Kier alpha value is -1.13. The molecule has 1 aliphatic carbocycles. The summed E-state index contributed by atoms with van der Waals surface area (Å²) in [5, 5.41) is 10.1. The van der Waals surface area contributed by atoms with Crippen LogP contribution in [0.1, 0.15) is 35.9 Å². The first-order chi connectivity index (χ1) is 9.08. The lowest BCUT2D eigenvalue weighted by Crippen LogP contribution is -2.11. The molecule has 2 nitrogen and oxygen atoms in total. The Morgan fingerprint density at radius 2 is 2.16 bits per heavy atom. The molecule has 0 saturated heterocycles. The van der Waals surface area contributed by atoms with Gasteiger partial charge in [0.2, 0.25) is 0 Å². The van der Waals surface area contributed by atoms with E-state index in [0.717, 1.165) is 46.4 Å². The summed E-state index contributed by atoms with van der Waals surface area (Å²) in [6, 6.07) is 6.74. The molecule has 2 aromatic rings. The molecule has 0 saturated carbocycles. The Labute approximate surface area is 120 Å². The van der Waals surface area contributed by atoms with Crippen LogP contribution in [-0.2, 0) is 6.42 Å². The van der Waals surface area contributed by atoms with Crippen molar-refractivity contribution in [3.05, 3.63) is 51.5 Å². The second kappa shape index (κ2) is 4.76. The Morgan fingerprint density at radius 3 is 2.89 bits per heavy atom. The maximum absolute atomic E-state index is 13.2. The van der Waals surface area contributed by atoms with Gasteiger partial charge in [-0.1, -0.05) is 0 Å². The molecule has 0 spiro atoms. The summed E-state index contributed by atoms with van der Waals surface area (Å²) in [4.78, 5) is 0. The normalized spacial score (nSPS) is 18.4. The molecule has 19 heavy (non-hydrogen) atoms. The quantitative estimate of drug-likeness (QED) is 0.841. The number of nitrogens with zero attached hydrogens (tertiary/aromatic N) is 1. The predicted molar refractivity (Wildman–Crippen MR) is 76.1 cm³/mol. The molecule has 0 fully saturated rings. The van der Waals surface area contributed by atoms with Crippen molar-refractivity contribution in [2.75, 3.05) is 0 Å². The van der Waals surface area contributed by atoms with Gasteiger partial charge in [0.25, 0.3) is 0 Å². The van der Waals surface area contributed by atoms with Crippen molar-refractivity contribution in [3.63, 3.8) is 0 Å². The van der Waals surface area contributed by atoms with Crippen LogP contribution in [0.25, 0.3) is 5.69 Å². The summed E-state index contributed by atoms with van der Waals surface area (Å²) in [5.41, 5.74) is 4.15. The number of aromatic nitrogens is 1. The molecule has 1 unspecified atom stereocenters. The van der Waals surface area contributed by atoms with Crippen LogP contribution in [0.2, 0.25) is 0 Å². The lowest BCUT2D eigenvalue weighted by Gasteiger charge is -2.21. The Morgan fingerprint density at radius 1 is 1.37 bits per heavy atom. The van der Waals surface area contributed by atoms with Gasteiger partial charge in [0, 0.05) is 21.4 Å². The maximum atomic E-state index is 13.2. The van der Waals surface area contributed by atoms with Gasteiger partial charge >= 0.3 is 0 Å². The van der Waals surface area contributed by atoms with Crippen LogP contribution >= 0.6 is 15.9 Å². The van der Waals surface area contributed by atoms with E-state index in [0.29, 0.717) is 0 Å². The molecule has 1 heterocycles. The van der Waals surface area contributed by atoms with E-state index in [4.69, 9.17) is 0 Å². The molecule has 0 amide bonds. The van der Waals surface area contributed by atoms with Gasteiger partial charge < -0.3 is 9.67 Å². The first kappa shape index (κ1) is 12.9. The maximum Gasteiger partial charge on any atom is 0.124 e. The molecule has 0 radical (unpaired) electrons. The Kier molecular flexibility index (Phi) is 3.23. The topological polar surface area (TPSA) is 25.2 Å². The molecule has 3 rings (SSSR count). The van der Waals surface area contributed by atoms with E-state index >= 15 is 0 Å². The number of benzene rings is 1. The molecule has 100 valence electrons. The van der Waals surface area contributed by atoms with Gasteiger partial charge in [0.1, 0.15) is 5.82 Å². The molecule has 1 aliphatic rings. The van der Waals surface area contributed by atoms with E-state index in [1.807, 2.05) is 13.0 Å². The zero-order valence-corrected chi connectivity index (χ0v) is 12.2. The fourth-order valence-corrected chi connectivity index (χ4v) is 3.40. The highest BCUT2D eigenvalue weighted by atomic mass is 79.9. The van der Waals surface area contributed by atoms with Gasteiger partial charge in [-0.2, -0.15) is 0 Å². The van der Waals surface area contributed by atoms with E-state index in [9.17, 15) is 9.50 Å². The third-order valence-electron chi connectivity index (χ3n) is 3.72. The van der Waals surface area contributed by atoms with Crippen molar-refractivity contribution in [1.82, 2.24) is 4.57 Å². The van der Waals surface area contributed by atoms with Crippen molar-refractivity contribution < 1.29 is 9.50 Å². The minimum absolute atomic E-state index is 0.255. The number of aliphatic hydroxyl groups excluding tert-OH is 1. The van der Waals surface area contributed by atoms with Crippen LogP contribution in [0.3, 0.4) is 0 Å². The number of fused-ring (bicyclic) bond motifs is 1. The van der Waals surface area contributed by atoms with Crippen molar-refractivity contribution in [1.29, 1.82) is 0 Å². The summed E-state index contributed by atoms with van der Waals surface area (Å²) in [5.74, 6) is -0.255. The highest BCUT2D eigenvalue weighted by molar-refractivity contribution is 9.10. The summed E-state index contributed by atoms with van der Waals surface area (Å²) < 4.78 is 16.1. The molecule has 1 aromatic carbocycles. The molecular weight excluding hydrogens is 309 g/mol. The van der Waals surface area contributed by atoms with Crippen LogP contribution in [0.5, 0.6) is 0 Å². The lowest BCUT2D eigenvalue weighted by atomic mass is 9.95. The SMILES string of the molecule is Cc1cc2c(n1-c1ccc(F)cc1Br)CCCC2O. The fourth-order valence-electron chi connectivity index (χ4n) is 2.88. The molecule has 1 atom stereocenters.